The van der Waals surface area contributed by atoms with E-state index >= 15 is 0 Å². The molecule has 0 unspecified atom stereocenters. The van der Waals surface area contributed by atoms with Crippen molar-refractivity contribution in [1.29, 1.82) is 0 Å². The molecule has 2 fully saturated rings. The molecule has 2 saturated heterocycles. The molecule has 25 heavy (non-hydrogen) atoms. The van der Waals surface area contributed by atoms with E-state index in [1.54, 1.807) is 0 Å². The zero-order chi connectivity index (χ0) is 17.6. The average molecular weight is 340 g/mol. The molecule has 5 heteroatoms. The smallest absolute Gasteiger partial charge is 0.306 e. The third-order valence-electron chi connectivity index (χ3n) is 6.29. The topological polar surface area (TPSA) is 58.6 Å². The van der Waals surface area contributed by atoms with Gasteiger partial charge < -0.3 is 10.1 Å². The van der Waals surface area contributed by atoms with Gasteiger partial charge in [0.05, 0.1) is 18.9 Å². The molecule has 3 aliphatic rings. The van der Waals surface area contributed by atoms with E-state index in [1.165, 1.54) is 12.7 Å². The maximum atomic E-state index is 13.0. The number of allylic oxidation sites excluding steroid dienone is 1. The van der Waals surface area contributed by atoms with Crippen molar-refractivity contribution in [2.45, 2.75) is 37.6 Å². The van der Waals surface area contributed by atoms with E-state index in [9.17, 15) is 9.59 Å². The Bertz CT molecular complexity index is 757. The molecule has 132 valence electrons. The Morgan fingerprint density at radius 3 is 3.00 bits per heavy atom. The number of amides is 1. The minimum Gasteiger partial charge on any atom is -0.469 e. The van der Waals surface area contributed by atoms with Crippen LogP contribution in [0.5, 0.6) is 0 Å². The van der Waals surface area contributed by atoms with E-state index in [0.717, 1.165) is 37.2 Å². The first kappa shape index (κ1) is 16.3. The fraction of sp³-hybridized carbons (Fsp3) is 0.500. The van der Waals surface area contributed by atoms with Gasteiger partial charge in [-0.3, -0.25) is 14.5 Å². The Kier molecular flexibility index (Phi) is 3.91. The lowest BCUT2D eigenvalue weighted by molar-refractivity contribution is -0.141. The second-order valence-electron chi connectivity index (χ2n) is 7.28. The Morgan fingerprint density at radius 2 is 2.24 bits per heavy atom. The fourth-order valence-electron chi connectivity index (χ4n) is 5.02. The molecule has 0 bridgehead atoms. The Morgan fingerprint density at radius 1 is 1.44 bits per heavy atom. The summed E-state index contributed by atoms with van der Waals surface area (Å²) in [5, 5.41) is 3.08. The summed E-state index contributed by atoms with van der Waals surface area (Å²) in [6.45, 7) is 3.78. The highest BCUT2D eigenvalue weighted by Crippen LogP contribution is 2.52. The Balaban J connectivity index is 1.70. The van der Waals surface area contributed by atoms with E-state index in [1.807, 2.05) is 25.1 Å². The van der Waals surface area contributed by atoms with Crippen molar-refractivity contribution in [2.24, 2.45) is 5.92 Å². The number of fused-ring (bicyclic) bond motifs is 4. The number of hydrogen-bond donors (Lipinski definition) is 1. The highest BCUT2D eigenvalue weighted by molar-refractivity contribution is 6.07. The number of hydrogen-bond acceptors (Lipinski definition) is 4. The van der Waals surface area contributed by atoms with Crippen LogP contribution in [0, 0.1) is 5.92 Å². The number of carbonyl (C=O) groups excluding carboxylic acids is 2. The summed E-state index contributed by atoms with van der Waals surface area (Å²) < 4.78 is 4.89. The zero-order valence-electron chi connectivity index (χ0n) is 14.7. The van der Waals surface area contributed by atoms with Gasteiger partial charge in [-0.15, -0.1) is 0 Å². The third-order valence-corrected chi connectivity index (χ3v) is 6.29. The lowest BCUT2D eigenvalue weighted by Crippen LogP contribution is -2.51. The molecule has 0 radical (unpaired) electrons. The van der Waals surface area contributed by atoms with Crippen LogP contribution in [-0.4, -0.2) is 43.0 Å². The number of nitrogens with zero attached hydrogens (tertiary/aromatic N) is 1. The summed E-state index contributed by atoms with van der Waals surface area (Å²) in [5.41, 5.74) is 2.86. The lowest BCUT2D eigenvalue weighted by atomic mass is 9.70. The summed E-state index contributed by atoms with van der Waals surface area (Å²) >= 11 is 0. The summed E-state index contributed by atoms with van der Waals surface area (Å²) in [5.74, 6) is 0.0808. The van der Waals surface area contributed by atoms with Crippen LogP contribution in [0.15, 0.2) is 35.9 Å². The third kappa shape index (κ3) is 2.33. The maximum absolute atomic E-state index is 13.0. The summed E-state index contributed by atoms with van der Waals surface area (Å²) in [6, 6.07) is 8.17. The normalized spacial score (nSPS) is 32.6. The number of rotatable bonds is 2. The maximum Gasteiger partial charge on any atom is 0.306 e. The van der Waals surface area contributed by atoms with E-state index in [-0.39, 0.29) is 23.8 Å². The van der Waals surface area contributed by atoms with Crippen LogP contribution in [-0.2, 0) is 19.7 Å². The Labute approximate surface area is 148 Å². The standard InChI is InChI=1S/C20H24N2O3/c1-3-13-12-22-9-8-20(17(22)10-14(13)11-18(23)25-2)15-6-4-5-7-16(15)21-19(20)24/h3-7,14,17H,8-12H2,1-2H3,(H,21,24)/b13-3-/t14-,17-,20+/m0/s1. The van der Waals surface area contributed by atoms with E-state index in [4.69, 9.17) is 4.74 Å². The van der Waals surface area contributed by atoms with E-state index in [2.05, 4.69) is 22.4 Å². The number of benzene rings is 1. The zero-order valence-corrected chi connectivity index (χ0v) is 14.7. The molecular weight excluding hydrogens is 316 g/mol. The molecule has 3 atom stereocenters. The van der Waals surface area contributed by atoms with Crippen LogP contribution in [0.25, 0.3) is 0 Å². The molecule has 0 aromatic heterocycles. The van der Waals surface area contributed by atoms with E-state index in [0.29, 0.717) is 6.42 Å². The number of esters is 1. The van der Waals surface area contributed by atoms with Crippen LogP contribution in [0.3, 0.4) is 0 Å². The first-order valence-electron chi connectivity index (χ1n) is 8.97. The molecule has 0 saturated carbocycles. The highest BCUT2D eigenvalue weighted by atomic mass is 16.5. The number of piperidine rings is 1. The first-order chi connectivity index (χ1) is 12.1. The highest BCUT2D eigenvalue weighted by Gasteiger charge is 2.59. The van der Waals surface area contributed by atoms with Gasteiger partial charge in [0.2, 0.25) is 5.91 Å². The largest absolute Gasteiger partial charge is 0.469 e. The van der Waals surface area contributed by atoms with Crippen LogP contribution in [0.2, 0.25) is 0 Å². The monoisotopic (exact) mass is 340 g/mol. The van der Waals surface area contributed by atoms with Crippen molar-refractivity contribution in [3.8, 4) is 0 Å². The summed E-state index contributed by atoms with van der Waals surface area (Å²) in [6.07, 6.45) is 4.16. The van der Waals surface area contributed by atoms with Crippen molar-refractivity contribution in [2.75, 3.05) is 25.5 Å². The number of anilines is 1. The predicted molar refractivity (Wildman–Crippen MR) is 95.2 cm³/mol. The number of methoxy groups -OCH3 is 1. The minimum absolute atomic E-state index is 0.113. The fourth-order valence-corrected chi connectivity index (χ4v) is 5.02. The lowest BCUT2D eigenvalue weighted by Gasteiger charge is -2.42. The quantitative estimate of drug-likeness (QED) is 0.664. The molecule has 3 heterocycles. The molecule has 1 spiro atoms. The van der Waals surface area contributed by atoms with Gasteiger partial charge in [-0.1, -0.05) is 29.8 Å². The van der Waals surface area contributed by atoms with E-state index < -0.39 is 5.41 Å². The van der Waals surface area contributed by atoms with Gasteiger partial charge in [0.15, 0.2) is 0 Å². The molecule has 1 aromatic rings. The van der Waals surface area contributed by atoms with Crippen molar-refractivity contribution < 1.29 is 14.3 Å². The molecule has 3 aliphatic heterocycles. The van der Waals surface area contributed by atoms with Crippen molar-refractivity contribution in [3.05, 3.63) is 41.5 Å². The molecule has 5 nitrogen and oxygen atoms in total. The minimum atomic E-state index is -0.482. The van der Waals surface area contributed by atoms with Gasteiger partial charge in [-0.05, 0) is 37.3 Å². The van der Waals surface area contributed by atoms with Crippen molar-refractivity contribution >= 4 is 17.6 Å². The van der Waals surface area contributed by atoms with Crippen molar-refractivity contribution in [1.82, 2.24) is 4.90 Å². The van der Waals surface area contributed by atoms with Gasteiger partial charge in [0, 0.05) is 24.8 Å². The molecular formula is C20H24N2O3. The Hall–Kier alpha value is -2.14. The van der Waals surface area contributed by atoms with Crippen LogP contribution < -0.4 is 5.32 Å². The number of nitrogens with one attached hydrogen (secondary N) is 1. The predicted octanol–water partition coefficient (Wildman–Crippen LogP) is 2.48. The molecule has 0 aliphatic carbocycles. The number of carbonyl (C=O) groups is 2. The summed E-state index contributed by atoms with van der Waals surface area (Å²) in [4.78, 5) is 27.3. The number of para-hydroxylation sites is 1. The molecule has 1 N–H and O–H groups in total. The molecule has 4 rings (SSSR count). The molecule has 1 amide bonds. The van der Waals surface area contributed by atoms with Gasteiger partial charge in [0.1, 0.15) is 0 Å². The first-order valence-corrected chi connectivity index (χ1v) is 8.97. The van der Waals surface area contributed by atoms with Crippen molar-refractivity contribution in [3.63, 3.8) is 0 Å². The van der Waals surface area contributed by atoms with Gasteiger partial charge >= 0.3 is 5.97 Å². The van der Waals surface area contributed by atoms with Crippen LogP contribution >= 0.6 is 0 Å². The van der Waals surface area contributed by atoms with Gasteiger partial charge in [0.25, 0.3) is 0 Å². The van der Waals surface area contributed by atoms with Gasteiger partial charge in [-0.25, -0.2) is 0 Å². The van der Waals surface area contributed by atoms with Crippen LogP contribution in [0.4, 0.5) is 5.69 Å². The van der Waals surface area contributed by atoms with Gasteiger partial charge in [-0.2, -0.15) is 0 Å². The second kappa shape index (κ2) is 5.99. The SMILES string of the molecule is C/C=C1/CN2CC[C@]3(C(=O)Nc4ccccc43)[C@@H]2C[C@H]1CC(=O)OC. The molecule has 1 aromatic carbocycles. The average Bonchev–Trinajstić information content (AvgIpc) is 3.14. The summed E-state index contributed by atoms with van der Waals surface area (Å²) in [7, 11) is 1.44. The second-order valence-corrected chi connectivity index (χ2v) is 7.28. The van der Waals surface area contributed by atoms with Crippen LogP contribution in [0.1, 0.15) is 31.7 Å². The number of ether oxygens (including phenoxy) is 1.